The zero-order valence-electron chi connectivity index (χ0n) is 37.1. The average molecular weight is 900 g/mol. The fraction of sp³-hybridized carbons (Fsp3) is 0.222. The number of rotatable bonds is 17. The summed E-state index contributed by atoms with van der Waals surface area (Å²) in [6.07, 6.45) is 11.6. The van der Waals surface area contributed by atoms with E-state index < -0.39 is 0 Å². The van der Waals surface area contributed by atoms with Crippen molar-refractivity contribution in [2.45, 2.75) is 64.8 Å². The highest BCUT2D eigenvalue weighted by atomic mass is 32.2. The van der Waals surface area contributed by atoms with Crippen LogP contribution in [-0.4, -0.2) is 58.1 Å². The van der Waals surface area contributed by atoms with E-state index in [9.17, 15) is 18.4 Å². The van der Waals surface area contributed by atoms with Gasteiger partial charge in [-0.2, -0.15) is 11.8 Å². The van der Waals surface area contributed by atoms with Gasteiger partial charge < -0.3 is 9.13 Å². The smallest absolute Gasteiger partial charge is 0.261 e. The summed E-state index contributed by atoms with van der Waals surface area (Å²) in [5.41, 5.74) is 9.71. The lowest BCUT2D eigenvalue weighted by Crippen LogP contribution is -2.31. The van der Waals surface area contributed by atoms with Crippen LogP contribution in [0.4, 0.5) is 8.78 Å². The molecule has 0 unspecified atom stereocenters. The Balaban J connectivity index is 0.000000185. The molecular formula is C54H51F2N7O2S. The number of aryl methyl sites for hydroxylation is 2. The predicted molar refractivity (Wildman–Crippen MR) is 259 cm³/mol. The minimum Gasteiger partial charge on any atom is -0.327 e. The molecule has 12 heteroatoms. The molecular weight excluding hydrogens is 849 g/mol. The molecule has 66 heavy (non-hydrogen) atoms. The van der Waals surface area contributed by atoms with Gasteiger partial charge in [-0.25, -0.2) is 18.7 Å². The molecule has 334 valence electrons. The summed E-state index contributed by atoms with van der Waals surface area (Å²) in [6, 6.07) is 38.4. The molecule has 9 rings (SSSR count). The van der Waals surface area contributed by atoms with E-state index in [1.807, 2.05) is 42.1 Å². The van der Waals surface area contributed by atoms with Crippen LogP contribution in [0.25, 0.3) is 45.0 Å². The summed E-state index contributed by atoms with van der Waals surface area (Å²) >= 11 is 1.81. The molecule has 0 fully saturated rings. The third-order valence-corrected chi connectivity index (χ3v) is 12.6. The van der Waals surface area contributed by atoms with Gasteiger partial charge in [-0.15, -0.1) is 0 Å². The summed E-state index contributed by atoms with van der Waals surface area (Å²) in [7, 11) is 0. The number of pyridine rings is 2. The van der Waals surface area contributed by atoms with Crippen molar-refractivity contribution in [2.75, 3.05) is 12.3 Å². The minimum absolute atomic E-state index is 0.239. The lowest BCUT2D eigenvalue weighted by Gasteiger charge is -2.17. The maximum absolute atomic E-state index is 13.7. The molecule has 2 amide bonds. The van der Waals surface area contributed by atoms with E-state index in [1.165, 1.54) is 34.7 Å². The van der Waals surface area contributed by atoms with Crippen LogP contribution in [0.1, 0.15) is 71.0 Å². The van der Waals surface area contributed by atoms with Crippen LogP contribution in [0.3, 0.4) is 0 Å². The van der Waals surface area contributed by atoms with Gasteiger partial charge in [0, 0.05) is 73.1 Å². The maximum Gasteiger partial charge on any atom is 0.261 e. The van der Waals surface area contributed by atoms with Crippen molar-refractivity contribution in [1.82, 2.24) is 34.0 Å². The van der Waals surface area contributed by atoms with E-state index in [0.29, 0.717) is 30.6 Å². The number of aromatic nitrogens is 6. The van der Waals surface area contributed by atoms with Gasteiger partial charge in [0.25, 0.3) is 11.8 Å². The van der Waals surface area contributed by atoms with Gasteiger partial charge in [-0.3, -0.25) is 24.5 Å². The van der Waals surface area contributed by atoms with E-state index in [0.717, 1.165) is 100 Å². The standard InChI is InChI=1S/C29H27FN4O2S.C25H24FN3/c1-2-18-37-19-25-32-26(20-8-10-22(30)11-9-20)27(21-12-14-31-15-13-21)33(25)16-5-17-34-28(35)23-6-3-4-7-24(23)29(34)36;1-2-23-28-24(20-10-12-22(26)13-11-20)25(21-14-16-27-17-15-21)29(23)18-6-9-19-7-4-3-5-8-19/h3-4,6-15H,2,5,16-19H2,1H3;3-5,7-8,10-17H,2,6,9,18H2,1H3. The molecule has 5 heterocycles. The van der Waals surface area contributed by atoms with Crippen molar-refractivity contribution in [3.05, 3.63) is 192 Å². The Hall–Kier alpha value is -7.05. The number of benzene rings is 4. The van der Waals surface area contributed by atoms with Crippen molar-refractivity contribution < 1.29 is 18.4 Å². The Morgan fingerprint density at radius 1 is 0.530 bits per heavy atom. The lowest BCUT2D eigenvalue weighted by molar-refractivity contribution is 0.0650. The summed E-state index contributed by atoms with van der Waals surface area (Å²) in [5, 5.41) is 0. The number of imidazole rings is 2. The van der Waals surface area contributed by atoms with E-state index in [-0.39, 0.29) is 23.4 Å². The van der Waals surface area contributed by atoms with Crippen molar-refractivity contribution in [1.29, 1.82) is 0 Å². The van der Waals surface area contributed by atoms with Gasteiger partial charge in [-0.1, -0.05) is 56.3 Å². The Morgan fingerprint density at radius 2 is 1.02 bits per heavy atom. The third-order valence-electron chi connectivity index (χ3n) is 11.5. The summed E-state index contributed by atoms with van der Waals surface area (Å²) in [6.45, 7) is 6.04. The third kappa shape index (κ3) is 10.4. The number of carbonyl (C=O) groups is 2. The first-order valence-electron chi connectivity index (χ1n) is 22.4. The summed E-state index contributed by atoms with van der Waals surface area (Å²) in [5.74, 6) is 2.66. The van der Waals surface area contributed by atoms with Crippen LogP contribution in [0.5, 0.6) is 0 Å². The highest BCUT2D eigenvalue weighted by Crippen LogP contribution is 2.36. The first-order chi connectivity index (χ1) is 32.3. The van der Waals surface area contributed by atoms with Crippen molar-refractivity contribution >= 4 is 23.6 Å². The number of hydrogen-bond acceptors (Lipinski definition) is 7. The maximum atomic E-state index is 13.7. The van der Waals surface area contributed by atoms with Crippen LogP contribution >= 0.6 is 11.8 Å². The number of halogens is 2. The van der Waals surface area contributed by atoms with Gasteiger partial charge >= 0.3 is 0 Å². The number of fused-ring (bicyclic) bond motifs is 1. The van der Waals surface area contributed by atoms with E-state index in [1.54, 1.807) is 73.3 Å². The quantitative estimate of drug-likeness (QED) is 0.0663. The Labute approximate surface area is 388 Å². The summed E-state index contributed by atoms with van der Waals surface area (Å²) < 4.78 is 31.7. The van der Waals surface area contributed by atoms with Crippen LogP contribution in [0, 0.1) is 11.6 Å². The first kappa shape index (κ1) is 45.5. The van der Waals surface area contributed by atoms with Crippen LogP contribution in [-0.2, 0) is 31.7 Å². The van der Waals surface area contributed by atoms with Crippen molar-refractivity contribution in [3.63, 3.8) is 0 Å². The normalized spacial score (nSPS) is 12.0. The Morgan fingerprint density at radius 3 is 1.53 bits per heavy atom. The zero-order valence-corrected chi connectivity index (χ0v) is 37.9. The highest BCUT2D eigenvalue weighted by molar-refractivity contribution is 7.98. The number of amides is 2. The molecule has 9 nitrogen and oxygen atoms in total. The number of imide groups is 1. The molecule has 4 aromatic heterocycles. The molecule has 0 spiro atoms. The van der Waals surface area contributed by atoms with Gasteiger partial charge in [0.1, 0.15) is 23.3 Å². The second-order valence-corrected chi connectivity index (χ2v) is 17.0. The number of carbonyl (C=O) groups excluding carboxylic acids is 2. The van der Waals surface area contributed by atoms with E-state index >= 15 is 0 Å². The minimum atomic E-state index is -0.298. The molecule has 1 aliphatic rings. The molecule has 8 aromatic rings. The molecule has 0 radical (unpaired) electrons. The van der Waals surface area contributed by atoms with Gasteiger partial charge in [0.05, 0.1) is 39.7 Å². The molecule has 0 saturated carbocycles. The molecule has 0 N–H and O–H groups in total. The molecule has 0 saturated heterocycles. The van der Waals surface area contributed by atoms with Gasteiger partial charge in [-0.05, 0) is 122 Å². The topological polar surface area (TPSA) is 98.8 Å². The molecule has 4 aromatic carbocycles. The van der Waals surface area contributed by atoms with Crippen LogP contribution in [0.2, 0.25) is 0 Å². The lowest BCUT2D eigenvalue weighted by atomic mass is 10.1. The van der Waals surface area contributed by atoms with E-state index in [4.69, 9.17) is 9.97 Å². The Kier molecular flexibility index (Phi) is 15.0. The highest BCUT2D eigenvalue weighted by Gasteiger charge is 2.34. The second kappa shape index (κ2) is 21.8. The predicted octanol–water partition coefficient (Wildman–Crippen LogP) is 12.0. The van der Waals surface area contributed by atoms with E-state index in [2.05, 4.69) is 57.2 Å². The first-order valence-corrected chi connectivity index (χ1v) is 23.6. The van der Waals surface area contributed by atoms with Gasteiger partial charge in [0.2, 0.25) is 0 Å². The molecule has 0 bridgehead atoms. The number of nitrogens with zero attached hydrogens (tertiary/aromatic N) is 7. The molecule has 0 aliphatic carbocycles. The monoisotopic (exact) mass is 899 g/mol. The molecule has 1 aliphatic heterocycles. The summed E-state index contributed by atoms with van der Waals surface area (Å²) in [4.78, 5) is 45.3. The van der Waals surface area contributed by atoms with Gasteiger partial charge in [0.15, 0.2) is 0 Å². The average Bonchev–Trinajstić information content (AvgIpc) is 3.99. The molecule has 0 atom stereocenters. The Bertz CT molecular complexity index is 2830. The van der Waals surface area contributed by atoms with Crippen LogP contribution in [0.15, 0.2) is 152 Å². The number of thioether (sulfide) groups is 1. The zero-order chi connectivity index (χ0) is 45.8. The fourth-order valence-corrected chi connectivity index (χ4v) is 9.14. The van der Waals surface area contributed by atoms with Crippen molar-refractivity contribution in [2.24, 2.45) is 0 Å². The second-order valence-electron chi connectivity index (χ2n) is 15.9. The number of hydrogen-bond donors (Lipinski definition) is 0. The fourth-order valence-electron chi connectivity index (χ4n) is 8.31. The SMILES string of the molecule is CCCSCc1nc(-c2ccc(F)cc2)c(-c2ccncc2)n1CCCN1C(=O)c2ccccc2C1=O.CCc1nc(-c2ccc(F)cc2)c(-c2ccncc2)n1CCCc1ccccc1. The van der Waals surface area contributed by atoms with Crippen molar-refractivity contribution in [3.8, 4) is 45.0 Å². The largest absolute Gasteiger partial charge is 0.327 e. The van der Waals surface area contributed by atoms with Crippen LogP contribution < -0.4 is 0 Å².